The lowest BCUT2D eigenvalue weighted by molar-refractivity contribution is 1.20. The van der Waals surface area contributed by atoms with Crippen molar-refractivity contribution in [2.24, 2.45) is 0 Å². The molecule has 0 saturated heterocycles. The van der Waals surface area contributed by atoms with E-state index < -0.39 is 0 Å². The van der Waals surface area contributed by atoms with E-state index in [0.29, 0.717) is 0 Å². The van der Waals surface area contributed by atoms with Crippen molar-refractivity contribution in [3.63, 3.8) is 0 Å². The molecule has 0 amide bonds. The van der Waals surface area contributed by atoms with Gasteiger partial charge in [-0.2, -0.15) is 0 Å². The molecule has 0 atom stereocenters. The van der Waals surface area contributed by atoms with Crippen molar-refractivity contribution in [1.82, 2.24) is 4.57 Å². The highest BCUT2D eigenvalue weighted by atomic mass is 15.0. The summed E-state index contributed by atoms with van der Waals surface area (Å²) in [5.41, 5.74) is 8.67. The second-order valence-corrected chi connectivity index (χ2v) is 14.8. The smallest absolute Gasteiger partial charge is 0.0548 e. The van der Waals surface area contributed by atoms with E-state index in [1.54, 1.807) is 0 Å². The second-order valence-electron chi connectivity index (χ2n) is 14.8. The minimum Gasteiger partial charge on any atom is -0.309 e. The standard InChI is InChI=1S/C54H33N/c1-2-15-35(16-3-1)51-43-20-8-10-22-45(43)52(46-23-11-9-21-44(46)51)42-26-12-25-41-40(42)24-13-27-48(41)55-49-30-28-34-14-6-7-19-39(34)53(49)54-47-33-37-18-5-4-17-36(37)32-38(47)29-31-50(54)55/h1-33H. The summed E-state index contributed by atoms with van der Waals surface area (Å²) in [6, 6.07) is 74.1. The molecule has 1 heterocycles. The summed E-state index contributed by atoms with van der Waals surface area (Å²) in [5.74, 6) is 0. The summed E-state index contributed by atoms with van der Waals surface area (Å²) in [7, 11) is 0. The number of fused-ring (bicyclic) bond motifs is 11. The van der Waals surface area contributed by atoms with Gasteiger partial charge in [-0.15, -0.1) is 0 Å². The zero-order chi connectivity index (χ0) is 36.0. The van der Waals surface area contributed by atoms with Crippen molar-refractivity contribution >= 4 is 86.4 Å². The first-order valence-electron chi connectivity index (χ1n) is 19.1. The van der Waals surface area contributed by atoms with Crippen LogP contribution in [0.2, 0.25) is 0 Å². The summed E-state index contributed by atoms with van der Waals surface area (Å²) < 4.78 is 2.52. The summed E-state index contributed by atoms with van der Waals surface area (Å²) >= 11 is 0. The Labute approximate surface area is 317 Å². The van der Waals surface area contributed by atoms with E-state index in [1.807, 2.05) is 0 Å². The van der Waals surface area contributed by atoms with Crippen LogP contribution in [0.25, 0.3) is 114 Å². The fourth-order valence-corrected chi connectivity index (χ4v) is 9.59. The number of nitrogens with zero attached hydrogens (tertiary/aromatic N) is 1. The Morgan fingerprint density at radius 1 is 0.273 bits per heavy atom. The van der Waals surface area contributed by atoms with E-state index in [1.165, 1.54) is 114 Å². The van der Waals surface area contributed by atoms with Gasteiger partial charge in [0.1, 0.15) is 0 Å². The normalized spacial score (nSPS) is 12.0. The van der Waals surface area contributed by atoms with Crippen LogP contribution in [-0.4, -0.2) is 4.57 Å². The van der Waals surface area contributed by atoms with E-state index in [2.05, 4.69) is 205 Å². The molecule has 0 aliphatic heterocycles. The SMILES string of the molecule is c1ccc(-c2c3ccccc3c(-c3cccc4c(-n5c6ccc7ccccc7c6c6c7cc8ccccc8cc7ccc65)cccc34)c3ccccc23)cc1. The highest BCUT2D eigenvalue weighted by Gasteiger charge is 2.21. The lowest BCUT2D eigenvalue weighted by Gasteiger charge is -2.19. The lowest BCUT2D eigenvalue weighted by atomic mass is 9.84. The molecule has 0 radical (unpaired) electrons. The molecule has 0 saturated carbocycles. The predicted molar refractivity (Wildman–Crippen MR) is 237 cm³/mol. The van der Waals surface area contributed by atoms with Gasteiger partial charge in [0.05, 0.1) is 16.7 Å². The molecule has 12 rings (SSSR count). The number of hydrogen-bond donors (Lipinski definition) is 0. The van der Waals surface area contributed by atoms with E-state index in [0.717, 1.165) is 0 Å². The number of aromatic nitrogens is 1. The summed E-state index contributed by atoms with van der Waals surface area (Å²) in [6.07, 6.45) is 0. The Morgan fingerprint density at radius 3 is 1.49 bits per heavy atom. The first kappa shape index (κ1) is 30.3. The molecule has 1 heteroatoms. The molecular weight excluding hydrogens is 663 g/mol. The number of benzene rings is 11. The van der Waals surface area contributed by atoms with Crippen molar-refractivity contribution in [2.45, 2.75) is 0 Å². The van der Waals surface area contributed by atoms with Gasteiger partial charge in [0.2, 0.25) is 0 Å². The summed E-state index contributed by atoms with van der Waals surface area (Å²) in [5, 5.41) is 17.7. The highest BCUT2D eigenvalue weighted by Crippen LogP contribution is 2.47. The summed E-state index contributed by atoms with van der Waals surface area (Å²) in [4.78, 5) is 0. The van der Waals surface area contributed by atoms with Crippen LogP contribution in [-0.2, 0) is 0 Å². The molecule has 0 fully saturated rings. The Bertz CT molecular complexity index is 3480. The molecule has 0 unspecified atom stereocenters. The molecule has 12 aromatic rings. The first-order chi connectivity index (χ1) is 27.3. The third-order valence-corrected chi connectivity index (χ3v) is 11.9. The van der Waals surface area contributed by atoms with Crippen molar-refractivity contribution in [3.05, 3.63) is 200 Å². The van der Waals surface area contributed by atoms with Crippen LogP contribution in [0.15, 0.2) is 200 Å². The highest BCUT2D eigenvalue weighted by molar-refractivity contribution is 6.30. The van der Waals surface area contributed by atoms with Crippen LogP contribution in [0.4, 0.5) is 0 Å². The Hall–Kier alpha value is -7.22. The van der Waals surface area contributed by atoms with E-state index in [-0.39, 0.29) is 0 Å². The van der Waals surface area contributed by atoms with Gasteiger partial charge in [0.25, 0.3) is 0 Å². The number of hydrogen-bond acceptors (Lipinski definition) is 0. The van der Waals surface area contributed by atoms with Gasteiger partial charge in [-0.25, -0.2) is 0 Å². The van der Waals surface area contributed by atoms with Crippen LogP contribution in [0, 0.1) is 0 Å². The molecule has 254 valence electrons. The monoisotopic (exact) mass is 695 g/mol. The van der Waals surface area contributed by atoms with Crippen molar-refractivity contribution < 1.29 is 0 Å². The Kier molecular flexibility index (Phi) is 6.40. The molecule has 0 aliphatic rings. The maximum Gasteiger partial charge on any atom is 0.0548 e. The average molecular weight is 696 g/mol. The molecular formula is C54H33N. The molecule has 11 aromatic carbocycles. The van der Waals surface area contributed by atoms with Gasteiger partial charge in [0.15, 0.2) is 0 Å². The lowest BCUT2D eigenvalue weighted by Crippen LogP contribution is -1.96. The van der Waals surface area contributed by atoms with Crippen LogP contribution in [0.3, 0.4) is 0 Å². The van der Waals surface area contributed by atoms with Gasteiger partial charge in [-0.05, 0) is 112 Å². The van der Waals surface area contributed by atoms with Gasteiger partial charge in [-0.3, -0.25) is 0 Å². The molecule has 0 spiro atoms. The number of rotatable bonds is 3. The van der Waals surface area contributed by atoms with Gasteiger partial charge in [-0.1, -0.05) is 170 Å². The van der Waals surface area contributed by atoms with Gasteiger partial charge in [0, 0.05) is 16.2 Å². The largest absolute Gasteiger partial charge is 0.309 e. The fourth-order valence-electron chi connectivity index (χ4n) is 9.59. The van der Waals surface area contributed by atoms with Gasteiger partial charge >= 0.3 is 0 Å². The van der Waals surface area contributed by atoms with E-state index in [9.17, 15) is 0 Å². The van der Waals surface area contributed by atoms with E-state index in [4.69, 9.17) is 0 Å². The molecule has 1 nitrogen and oxygen atoms in total. The molecule has 0 aliphatic carbocycles. The van der Waals surface area contributed by atoms with Gasteiger partial charge < -0.3 is 4.57 Å². The maximum atomic E-state index is 2.52. The van der Waals surface area contributed by atoms with Crippen LogP contribution in [0.1, 0.15) is 0 Å². The zero-order valence-electron chi connectivity index (χ0n) is 30.0. The van der Waals surface area contributed by atoms with Crippen molar-refractivity contribution in [2.75, 3.05) is 0 Å². The minimum absolute atomic E-state index is 1.18. The molecule has 0 N–H and O–H groups in total. The molecule has 0 bridgehead atoms. The predicted octanol–water partition coefficient (Wildman–Crippen LogP) is 15.0. The fraction of sp³-hybridized carbons (Fsp3) is 0. The third kappa shape index (κ3) is 4.35. The van der Waals surface area contributed by atoms with E-state index >= 15 is 0 Å². The first-order valence-corrected chi connectivity index (χ1v) is 19.1. The van der Waals surface area contributed by atoms with Crippen LogP contribution >= 0.6 is 0 Å². The maximum absolute atomic E-state index is 2.52. The van der Waals surface area contributed by atoms with Crippen LogP contribution < -0.4 is 0 Å². The Morgan fingerprint density at radius 2 is 0.782 bits per heavy atom. The van der Waals surface area contributed by atoms with Crippen molar-refractivity contribution in [1.29, 1.82) is 0 Å². The topological polar surface area (TPSA) is 4.93 Å². The summed E-state index contributed by atoms with van der Waals surface area (Å²) in [6.45, 7) is 0. The third-order valence-electron chi connectivity index (χ3n) is 11.9. The minimum atomic E-state index is 1.18. The Balaban J connectivity index is 1.20. The molecule has 1 aromatic heterocycles. The average Bonchev–Trinajstić information content (AvgIpc) is 3.60. The molecule has 55 heavy (non-hydrogen) atoms. The second kappa shape index (κ2) is 11.6. The van der Waals surface area contributed by atoms with Crippen molar-refractivity contribution in [3.8, 4) is 27.9 Å². The van der Waals surface area contributed by atoms with Crippen LogP contribution in [0.5, 0.6) is 0 Å². The quantitative estimate of drug-likeness (QED) is 0.162. The zero-order valence-corrected chi connectivity index (χ0v) is 30.0.